The number of nitrogens with zero attached hydrogens (tertiary/aromatic N) is 2. The highest BCUT2D eigenvalue weighted by atomic mass is 19.1. The van der Waals surface area contributed by atoms with Crippen molar-refractivity contribution < 1.29 is 9.18 Å². The van der Waals surface area contributed by atoms with Crippen molar-refractivity contribution in [1.82, 2.24) is 15.2 Å². The van der Waals surface area contributed by atoms with E-state index in [0.29, 0.717) is 17.6 Å². The molecule has 5 rings (SSSR count). The van der Waals surface area contributed by atoms with Gasteiger partial charge in [-0.1, -0.05) is 18.6 Å². The molecular weight excluding hydrogens is 365 g/mol. The van der Waals surface area contributed by atoms with Gasteiger partial charge in [-0.2, -0.15) is 0 Å². The zero-order valence-corrected chi connectivity index (χ0v) is 16.9. The molecule has 1 amide bonds. The third-order valence-electron chi connectivity index (χ3n) is 7.50. The van der Waals surface area contributed by atoms with E-state index in [1.165, 1.54) is 38.2 Å². The monoisotopic (exact) mass is 393 g/mol. The third kappa shape index (κ3) is 2.98. The van der Waals surface area contributed by atoms with E-state index in [1.54, 1.807) is 31.5 Å². The molecule has 1 saturated carbocycles. The van der Waals surface area contributed by atoms with E-state index in [9.17, 15) is 9.18 Å². The first-order chi connectivity index (χ1) is 14.1. The molecule has 1 atom stereocenters. The molecule has 2 saturated heterocycles. The van der Waals surface area contributed by atoms with Gasteiger partial charge < -0.3 is 5.32 Å². The Bertz CT molecular complexity index is 883. The highest BCUT2D eigenvalue weighted by Crippen LogP contribution is 2.55. The van der Waals surface area contributed by atoms with Gasteiger partial charge in [-0.25, -0.2) is 4.39 Å². The Labute approximate surface area is 171 Å². The molecule has 4 nitrogen and oxygen atoms in total. The first kappa shape index (κ1) is 18.7. The van der Waals surface area contributed by atoms with E-state index in [1.807, 2.05) is 12.1 Å². The topological polar surface area (TPSA) is 45.2 Å². The predicted molar refractivity (Wildman–Crippen MR) is 110 cm³/mol. The summed E-state index contributed by atoms with van der Waals surface area (Å²) in [5, 5.41) is 3.28. The van der Waals surface area contributed by atoms with Gasteiger partial charge >= 0.3 is 0 Å². The van der Waals surface area contributed by atoms with Crippen molar-refractivity contribution in [1.29, 1.82) is 0 Å². The molecule has 3 aliphatic rings. The number of rotatable bonds is 5. The molecule has 0 radical (unpaired) electrons. The van der Waals surface area contributed by atoms with Crippen molar-refractivity contribution >= 4 is 5.91 Å². The number of pyridine rings is 1. The third-order valence-corrected chi connectivity index (χ3v) is 7.50. The van der Waals surface area contributed by atoms with Crippen LogP contribution in [0.5, 0.6) is 0 Å². The van der Waals surface area contributed by atoms with Crippen LogP contribution in [-0.4, -0.2) is 33.4 Å². The van der Waals surface area contributed by atoms with Crippen molar-refractivity contribution in [2.75, 3.05) is 0 Å². The summed E-state index contributed by atoms with van der Waals surface area (Å²) >= 11 is 0. The van der Waals surface area contributed by atoms with Crippen molar-refractivity contribution in [3.05, 3.63) is 65.2 Å². The summed E-state index contributed by atoms with van der Waals surface area (Å²) in [6, 6.07) is 9.89. The van der Waals surface area contributed by atoms with Crippen LogP contribution >= 0.6 is 0 Å². The first-order valence-electron chi connectivity index (χ1n) is 10.8. The highest BCUT2D eigenvalue weighted by Gasteiger charge is 2.59. The lowest BCUT2D eigenvalue weighted by Gasteiger charge is -2.48. The molecule has 29 heavy (non-hydrogen) atoms. The van der Waals surface area contributed by atoms with Crippen molar-refractivity contribution in [3.63, 3.8) is 0 Å². The van der Waals surface area contributed by atoms with Crippen LogP contribution in [0.3, 0.4) is 0 Å². The van der Waals surface area contributed by atoms with Crippen molar-refractivity contribution in [2.45, 2.75) is 75.5 Å². The van der Waals surface area contributed by atoms with Gasteiger partial charge in [0.05, 0.1) is 11.6 Å². The highest BCUT2D eigenvalue weighted by molar-refractivity contribution is 5.96. The fourth-order valence-electron chi connectivity index (χ4n) is 5.97. The molecule has 1 N–H and O–H groups in total. The van der Waals surface area contributed by atoms with E-state index < -0.39 is 5.82 Å². The number of nitrogens with one attached hydrogen (secondary N) is 1. The second-order valence-corrected chi connectivity index (χ2v) is 8.95. The van der Waals surface area contributed by atoms with E-state index in [4.69, 9.17) is 0 Å². The van der Waals surface area contributed by atoms with Crippen molar-refractivity contribution in [2.24, 2.45) is 0 Å². The number of amides is 1. The van der Waals surface area contributed by atoms with Crippen LogP contribution in [0.1, 0.15) is 72.5 Å². The summed E-state index contributed by atoms with van der Waals surface area (Å²) in [5.74, 6) is -0.777. The lowest BCUT2D eigenvalue weighted by Crippen LogP contribution is -2.57. The minimum absolute atomic E-state index is 0.0775. The number of carbonyl (C=O) groups is 1. The number of hydrogen-bond acceptors (Lipinski definition) is 3. The molecule has 152 valence electrons. The number of benzene rings is 1. The standard InChI is InChI=1S/C24H28FN3O/c1-16-4-2-7-20(25)21(16)23(29)27-22(17-10-14-26-15-11-17)24-12-8-19(9-13-24)28(24)18-5-3-6-18/h2,4,7,10-11,14-15,18-19,22H,3,5-6,8-9,12-13H2,1H3,(H,27,29). The quantitative estimate of drug-likeness (QED) is 0.811. The molecule has 2 bridgehead atoms. The fourth-order valence-corrected chi connectivity index (χ4v) is 5.97. The number of aryl methyl sites for hydroxylation is 1. The normalized spacial score (nSPS) is 27.6. The molecule has 2 aliphatic heterocycles. The largest absolute Gasteiger partial charge is 0.343 e. The number of fused-ring (bicyclic) bond motifs is 2. The first-order valence-corrected chi connectivity index (χ1v) is 10.8. The van der Waals surface area contributed by atoms with E-state index in [-0.39, 0.29) is 23.1 Å². The second-order valence-electron chi connectivity index (χ2n) is 8.95. The lowest BCUT2D eigenvalue weighted by molar-refractivity contribution is 0.0257. The zero-order valence-electron chi connectivity index (χ0n) is 16.9. The summed E-state index contributed by atoms with van der Waals surface area (Å²) in [6.07, 6.45) is 11.9. The van der Waals surface area contributed by atoms with Gasteiger partial charge in [0.2, 0.25) is 0 Å². The number of halogens is 1. The number of aromatic nitrogens is 1. The SMILES string of the molecule is Cc1cccc(F)c1C(=O)NC(c1ccncc1)C12CCC(CC1)N2C1CCC1. The van der Waals surface area contributed by atoms with Gasteiger partial charge in [0.1, 0.15) is 5.82 Å². The second kappa shape index (κ2) is 7.21. The smallest absolute Gasteiger partial charge is 0.255 e. The van der Waals surface area contributed by atoms with Crippen LogP contribution in [0.15, 0.2) is 42.7 Å². The van der Waals surface area contributed by atoms with Crippen LogP contribution < -0.4 is 5.32 Å². The van der Waals surface area contributed by atoms with Gasteiger partial charge in [-0.3, -0.25) is 14.7 Å². The van der Waals surface area contributed by atoms with E-state index in [2.05, 4.69) is 15.2 Å². The van der Waals surface area contributed by atoms with Crippen LogP contribution in [0, 0.1) is 12.7 Å². The molecule has 1 aliphatic carbocycles. The van der Waals surface area contributed by atoms with Gasteiger partial charge in [0, 0.05) is 30.0 Å². The average molecular weight is 394 g/mol. The summed E-state index contributed by atoms with van der Waals surface area (Å²) in [5.41, 5.74) is 1.81. The molecule has 2 aromatic rings. The summed E-state index contributed by atoms with van der Waals surface area (Å²) in [4.78, 5) is 20.2. The maximum absolute atomic E-state index is 14.5. The van der Waals surface area contributed by atoms with Gasteiger partial charge in [-0.05, 0) is 74.8 Å². The molecular formula is C24H28FN3O. The minimum Gasteiger partial charge on any atom is -0.343 e. The Balaban J connectivity index is 1.54. The van der Waals surface area contributed by atoms with Crippen LogP contribution in [0.4, 0.5) is 4.39 Å². The number of carbonyl (C=O) groups excluding carboxylic acids is 1. The van der Waals surface area contributed by atoms with Gasteiger partial charge in [0.15, 0.2) is 0 Å². The molecule has 3 fully saturated rings. The Kier molecular flexibility index (Phi) is 4.66. The molecule has 0 spiro atoms. The Morgan fingerprint density at radius 2 is 1.83 bits per heavy atom. The Morgan fingerprint density at radius 3 is 2.45 bits per heavy atom. The average Bonchev–Trinajstić information content (AvgIpc) is 3.21. The Hall–Kier alpha value is -2.27. The van der Waals surface area contributed by atoms with Gasteiger partial charge in [-0.15, -0.1) is 0 Å². The van der Waals surface area contributed by atoms with Crippen LogP contribution in [0.2, 0.25) is 0 Å². The van der Waals surface area contributed by atoms with Crippen molar-refractivity contribution in [3.8, 4) is 0 Å². The predicted octanol–water partition coefficient (Wildman–Crippen LogP) is 4.55. The molecule has 1 aromatic heterocycles. The maximum Gasteiger partial charge on any atom is 0.255 e. The molecule has 3 heterocycles. The summed E-state index contributed by atoms with van der Waals surface area (Å²) in [6.45, 7) is 1.79. The number of hydrogen-bond donors (Lipinski definition) is 1. The van der Waals surface area contributed by atoms with E-state index >= 15 is 0 Å². The fraction of sp³-hybridized carbons (Fsp3) is 0.500. The van der Waals surface area contributed by atoms with Crippen LogP contribution in [-0.2, 0) is 0 Å². The van der Waals surface area contributed by atoms with E-state index in [0.717, 1.165) is 18.4 Å². The van der Waals surface area contributed by atoms with Crippen LogP contribution in [0.25, 0.3) is 0 Å². The lowest BCUT2D eigenvalue weighted by atomic mass is 9.77. The molecule has 5 heteroatoms. The molecule has 1 unspecified atom stereocenters. The maximum atomic E-state index is 14.5. The summed E-state index contributed by atoms with van der Waals surface area (Å²) in [7, 11) is 0. The Morgan fingerprint density at radius 1 is 1.14 bits per heavy atom. The minimum atomic E-state index is -0.458. The summed E-state index contributed by atoms with van der Waals surface area (Å²) < 4.78 is 14.5. The van der Waals surface area contributed by atoms with Gasteiger partial charge in [0.25, 0.3) is 5.91 Å². The zero-order chi connectivity index (χ0) is 20.0. The molecule has 1 aromatic carbocycles.